The first-order chi connectivity index (χ1) is 10.3. The summed E-state index contributed by atoms with van der Waals surface area (Å²) in [4.78, 5) is 16.1. The first-order valence-corrected chi connectivity index (χ1v) is 9.25. The predicted molar refractivity (Wildman–Crippen MR) is 87.5 cm³/mol. The third-order valence-electron chi connectivity index (χ3n) is 4.89. The number of likely N-dealkylation sites (tertiary alicyclic amines) is 1. The van der Waals surface area contributed by atoms with Crippen molar-refractivity contribution in [1.82, 2.24) is 10.2 Å². The van der Waals surface area contributed by atoms with Crippen molar-refractivity contribution in [1.29, 1.82) is 0 Å². The minimum atomic E-state index is 0.252. The molecule has 1 aromatic heterocycles. The van der Waals surface area contributed by atoms with Crippen LogP contribution in [0.2, 0.25) is 0 Å². The quantitative estimate of drug-likeness (QED) is 0.871. The summed E-state index contributed by atoms with van der Waals surface area (Å²) in [7, 11) is 0. The molecule has 1 atom stereocenters. The largest absolute Gasteiger partial charge is 0.354 e. The number of hydrogen-bond donors (Lipinski definition) is 1. The van der Waals surface area contributed by atoms with Crippen LogP contribution in [0.1, 0.15) is 55.9 Å². The molecule has 1 saturated carbocycles. The molecule has 0 aromatic carbocycles. The molecule has 4 heteroatoms. The van der Waals surface area contributed by atoms with E-state index in [4.69, 9.17) is 0 Å². The van der Waals surface area contributed by atoms with Crippen LogP contribution in [0, 0.1) is 5.92 Å². The number of nitrogens with one attached hydrogen (secondary N) is 1. The zero-order chi connectivity index (χ0) is 14.5. The average molecular weight is 306 g/mol. The third kappa shape index (κ3) is 4.07. The van der Waals surface area contributed by atoms with Crippen molar-refractivity contribution >= 4 is 17.2 Å². The van der Waals surface area contributed by atoms with Gasteiger partial charge < -0.3 is 5.32 Å². The van der Waals surface area contributed by atoms with Crippen LogP contribution in [-0.2, 0) is 4.79 Å². The van der Waals surface area contributed by atoms with Crippen molar-refractivity contribution < 1.29 is 4.79 Å². The predicted octanol–water partition coefficient (Wildman–Crippen LogP) is 3.58. The highest BCUT2D eigenvalue weighted by atomic mass is 32.1. The molecule has 1 N–H and O–H groups in total. The van der Waals surface area contributed by atoms with Gasteiger partial charge in [0.15, 0.2) is 0 Å². The number of amides is 1. The fraction of sp³-hybridized carbons (Fsp3) is 0.706. The highest BCUT2D eigenvalue weighted by Crippen LogP contribution is 2.29. The van der Waals surface area contributed by atoms with Crippen LogP contribution in [0.4, 0.5) is 0 Å². The molecule has 1 aromatic rings. The van der Waals surface area contributed by atoms with E-state index in [0.717, 1.165) is 13.0 Å². The summed E-state index contributed by atoms with van der Waals surface area (Å²) in [6.45, 7) is 3.11. The Balaban J connectivity index is 1.53. The topological polar surface area (TPSA) is 32.3 Å². The van der Waals surface area contributed by atoms with E-state index in [9.17, 15) is 4.79 Å². The molecule has 1 aliphatic heterocycles. The molecule has 1 saturated heterocycles. The van der Waals surface area contributed by atoms with Gasteiger partial charge in [0.2, 0.25) is 5.91 Å². The molecular formula is C17H26N2OS. The molecule has 2 fully saturated rings. The van der Waals surface area contributed by atoms with Crippen LogP contribution < -0.4 is 5.32 Å². The van der Waals surface area contributed by atoms with Crippen LogP contribution in [0.25, 0.3) is 0 Å². The van der Waals surface area contributed by atoms with Gasteiger partial charge in [-0.05, 0) is 56.1 Å². The molecule has 3 nitrogen and oxygen atoms in total. The van der Waals surface area contributed by atoms with Crippen LogP contribution >= 0.6 is 11.3 Å². The third-order valence-corrected chi connectivity index (χ3v) is 5.87. The molecule has 3 rings (SSSR count). The van der Waals surface area contributed by atoms with E-state index in [0.29, 0.717) is 12.0 Å². The van der Waals surface area contributed by atoms with E-state index in [1.807, 2.05) is 11.3 Å². The fourth-order valence-electron chi connectivity index (χ4n) is 3.70. The van der Waals surface area contributed by atoms with Crippen LogP contribution in [0.5, 0.6) is 0 Å². The number of hydrogen-bond acceptors (Lipinski definition) is 3. The lowest BCUT2D eigenvalue weighted by atomic mass is 10.0. The van der Waals surface area contributed by atoms with E-state index >= 15 is 0 Å². The molecule has 2 heterocycles. The van der Waals surface area contributed by atoms with Gasteiger partial charge in [0.25, 0.3) is 0 Å². The average Bonchev–Trinajstić information content (AvgIpc) is 3.23. The number of carbonyl (C=O) groups excluding carboxylic acids is 1. The molecule has 0 bridgehead atoms. The molecule has 1 unspecified atom stereocenters. The van der Waals surface area contributed by atoms with E-state index < -0.39 is 0 Å². The maximum absolute atomic E-state index is 12.2. The van der Waals surface area contributed by atoms with Crippen molar-refractivity contribution in [3.8, 4) is 0 Å². The minimum absolute atomic E-state index is 0.252. The second kappa shape index (κ2) is 7.41. The Morgan fingerprint density at radius 1 is 1.29 bits per heavy atom. The Bertz CT molecular complexity index is 434. The van der Waals surface area contributed by atoms with Gasteiger partial charge in [0, 0.05) is 17.8 Å². The minimum Gasteiger partial charge on any atom is -0.354 e. The van der Waals surface area contributed by atoms with Crippen molar-refractivity contribution in [2.45, 2.75) is 51.0 Å². The van der Waals surface area contributed by atoms with Crippen LogP contribution in [0.15, 0.2) is 17.5 Å². The van der Waals surface area contributed by atoms with Crippen molar-refractivity contribution in [3.63, 3.8) is 0 Å². The van der Waals surface area contributed by atoms with Crippen molar-refractivity contribution in [2.75, 3.05) is 19.6 Å². The molecule has 116 valence electrons. The summed E-state index contributed by atoms with van der Waals surface area (Å²) in [5.74, 6) is 0.889. The number of carbonyl (C=O) groups is 1. The van der Waals surface area contributed by atoms with Crippen molar-refractivity contribution in [2.24, 2.45) is 5.92 Å². The Labute approximate surface area is 131 Å². The zero-order valence-electron chi connectivity index (χ0n) is 12.7. The summed E-state index contributed by atoms with van der Waals surface area (Å²) in [5, 5.41) is 5.34. The zero-order valence-corrected chi connectivity index (χ0v) is 13.5. The van der Waals surface area contributed by atoms with E-state index in [2.05, 4.69) is 27.7 Å². The molecule has 21 heavy (non-hydrogen) atoms. The molecule has 1 amide bonds. The molecule has 0 radical (unpaired) electrons. The van der Waals surface area contributed by atoms with Crippen molar-refractivity contribution in [3.05, 3.63) is 22.4 Å². The summed E-state index contributed by atoms with van der Waals surface area (Å²) >= 11 is 1.81. The standard InChI is InChI=1S/C17H26N2OS/c20-17(12-14-6-1-2-7-14)18-13-15(16-8-5-11-21-16)19-9-3-4-10-19/h5,8,11,14-15H,1-4,6-7,9-10,12-13H2,(H,18,20). The van der Waals surface area contributed by atoms with E-state index in [1.165, 1.54) is 56.5 Å². The van der Waals surface area contributed by atoms with Gasteiger partial charge in [0.1, 0.15) is 0 Å². The molecule has 0 spiro atoms. The molecule has 1 aliphatic carbocycles. The highest BCUT2D eigenvalue weighted by molar-refractivity contribution is 7.10. The summed E-state index contributed by atoms with van der Waals surface area (Å²) in [6, 6.07) is 4.69. The summed E-state index contributed by atoms with van der Waals surface area (Å²) in [5.41, 5.74) is 0. The second-order valence-electron chi connectivity index (χ2n) is 6.43. The number of nitrogens with zero attached hydrogens (tertiary/aromatic N) is 1. The maximum atomic E-state index is 12.2. The lowest BCUT2D eigenvalue weighted by molar-refractivity contribution is -0.122. The van der Waals surface area contributed by atoms with Crippen LogP contribution in [0.3, 0.4) is 0 Å². The normalized spacial score (nSPS) is 21.7. The second-order valence-corrected chi connectivity index (χ2v) is 7.41. The van der Waals surface area contributed by atoms with Gasteiger partial charge in [-0.2, -0.15) is 0 Å². The Hall–Kier alpha value is -0.870. The number of rotatable bonds is 6. The Morgan fingerprint density at radius 2 is 2.05 bits per heavy atom. The van der Waals surface area contributed by atoms with Gasteiger partial charge in [-0.15, -0.1) is 11.3 Å². The Morgan fingerprint density at radius 3 is 2.71 bits per heavy atom. The first kappa shape index (κ1) is 15.0. The lowest BCUT2D eigenvalue weighted by Gasteiger charge is -2.27. The smallest absolute Gasteiger partial charge is 0.220 e. The SMILES string of the molecule is O=C(CC1CCCC1)NCC(c1cccs1)N1CCCC1. The van der Waals surface area contributed by atoms with Gasteiger partial charge in [-0.3, -0.25) is 9.69 Å². The van der Waals surface area contributed by atoms with Gasteiger partial charge >= 0.3 is 0 Å². The number of thiophene rings is 1. The maximum Gasteiger partial charge on any atom is 0.220 e. The highest BCUT2D eigenvalue weighted by Gasteiger charge is 2.25. The van der Waals surface area contributed by atoms with E-state index in [-0.39, 0.29) is 5.91 Å². The van der Waals surface area contributed by atoms with Gasteiger partial charge in [-0.25, -0.2) is 0 Å². The Kier molecular flexibility index (Phi) is 5.31. The lowest BCUT2D eigenvalue weighted by Crippen LogP contribution is -2.36. The fourth-order valence-corrected chi connectivity index (χ4v) is 4.56. The summed E-state index contributed by atoms with van der Waals surface area (Å²) in [6.07, 6.45) is 8.42. The molecular weight excluding hydrogens is 280 g/mol. The first-order valence-electron chi connectivity index (χ1n) is 8.37. The summed E-state index contributed by atoms with van der Waals surface area (Å²) < 4.78 is 0. The van der Waals surface area contributed by atoms with E-state index in [1.54, 1.807) is 0 Å². The van der Waals surface area contributed by atoms with Gasteiger partial charge in [-0.1, -0.05) is 18.9 Å². The van der Waals surface area contributed by atoms with Crippen LogP contribution in [-0.4, -0.2) is 30.4 Å². The monoisotopic (exact) mass is 306 g/mol. The van der Waals surface area contributed by atoms with Gasteiger partial charge in [0.05, 0.1) is 6.04 Å². The molecule has 2 aliphatic rings.